The number of hydrogen-bond donors (Lipinski definition) is 1. The Labute approximate surface area is 120 Å². The van der Waals surface area contributed by atoms with Crippen LogP contribution in [0.4, 0.5) is 0 Å². The van der Waals surface area contributed by atoms with Gasteiger partial charge < -0.3 is 15.2 Å². The van der Waals surface area contributed by atoms with Crippen LogP contribution in [0, 0.1) is 0 Å². The Kier molecular flexibility index (Phi) is 3.99. The van der Waals surface area contributed by atoms with Crippen molar-refractivity contribution in [2.75, 3.05) is 6.54 Å². The van der Waals surface area contributed by atoms with Gasteiger partial charge in [0.15, 0.2) is 0 Å². The molecule has 0 spiro atoms. The van der Waals surface area contributed by atoms with Gasteiger partial charge in [0.1, 0.15) is 5.69 Å². The average molecular weight is 328 g/mol. The maximum Gasteiger partial charge on any atom is 0.271 e. The van der Waals surface area contributed by atoms with E-state index in [2.05, 4.69) is 15.9 Å². The Morgan fingerprint density at radius 3 is 2.63 bits per heavy atom. The minimum absolute atomic E-state index is 0.0516. The number of hydrogen-bond acceptors (Lipinski definition) is 2. The van der Waals surface area contributed by atoms with Gasteiger partial charge in [-0.3, -0.25) is 9.59 Å². The molecule has 1 aromatic heterocycles. The van der Waals surface area contributed by atoms with Gasteiger partial charge in [-0.15, -0.1) is 0 Å². The van der Waals surface area contributed by atoms with Gasteiger partial charge in [-0.2, -0.15) is 0 Å². The summed E-state index contributed by atoms with van der Waals surface area (Å²) in [7, 11) is 0. The third-order valence-corrected chi connectivity index (χ3v) is 3.62. The number of carbonyl (C=O) groups is 2. The predicted octanol–water partition coefficient (Wildman–Crippen LogP) is 1.92. The Balaban J connectivity index is 2.28. The molecule has 1 aliphatic rings. The van der Waals surface area contributed by atoms with Crippen LogP contribution in [0.25, 0.3) is 0 Å². The van der Waals surface area contributed by atoms with Crippen molar-refractivity contribution < 1.29 is 9.59 Å². The molecule has 1 aromatic rings. The van der Waals surface area contributed by atoms with Crippen molar-refractivity contribution in [1.29, 1.82) is 0 Å². The Morgan fingerprint density at radius 1 is 1.53 bits per heavy atom. The minimum Gasteiger partial charge on any atom is -0.368 e. The molecule has 0 aromatic carbocycles. The fourth-order valence-electron chi connectivity index (χ4n) is 2.08. The Hall–Kier alpha value is -1.30. The first-order valence-corrected chi connectivity index (χ1v) is 7.16. The molecule has 1 saturated carbocycles. The van der Waals surface area contributed by atoms with E-state index < -0.39 is 5.91 Å². The first kappa shape index (κ1) is 14.1. The highest BCUT2D eigenvalue weighted by molar-refractivity contribution is 9.10. The Bertz CT molecular complexity index is 506. The van der Waals surface area contributed by atoms with Crippen LogP contribution in [0.1, 0.15) is 43.2 Å². The van der Waals surface area contributed by atoms with Gasteiger partial charge in [-0.25, -0.2) is 0 Å². The summed E-state index contributed by atoms with van der Waals surface area (Å²) in [6.45, 7) is 3.70. The van der Waals surface area contributed by atoms with Crippen molar-refractivity contribution in [2.45, 2.75) is 38.8 Å². The normalized spacial score (nSPS) is 14.7. The van der Waals surface area contributed by atoms with Crippen molar-refractivity contribution >= 4 is 27.7 Å². The fourth-order valence-corrected chi connectivity index (χ4v) is 2.51. The van der Waals surface area contributed by atoms with E-state index in [-0.39, 0.29) is 18.5 Å². The molecule has 2 N–H and O–H groups in total. The standard InChI is InChI=1S/C13H18BrN3O2/c1-8(2)16(7-12(15)18)13(19)11-5-9(14)6-17(11)10-3-4-10/h5-6,8,10H,3-4,7H2,1-2H3,(H2,15,18). The van der Waals surface area contributed by atoms with Gasteiger partial charge in [0.05, 0.1) is 6.54 Å². The van der Waals surface area contributed by atoms with Crippen LogP contribution in [0.3, 0.4) is 0 Å². The second kappa shape index (κ2) is 5.36. The number of aromatic nitrogens is 1. The molecule has 1 aliphatic carbocycles. The fraction of sp³-hybridized carbons (Fsp3) is 0.538. The molecule has 5 nitrogen and oxygen atoms in total. The van der Waals surface area contributed by atoms with E-state index in [9.17, 15) is 9.59 Å². The van der Waals surface area contributed by atoms with E-state index in [0.717, 1.165) is 17.3 Å². The number of halogens is 1. The molecule has 0 atom stereocenters. The summed E-state index contributed by atoms with van der Waals surface area (Å²) in [5.74, 6) is -0.642. The van der Waals surface area contributed by atoms with E-state index in [1.54, 1.807) is 6.07 Å². The minimum atomic E-state index is -0.495. The summed E-state index contributed by atoms with van der Waals surface area (Å²) in [5.41, 5.74) is 5.83. The number of nitrogens with zero attached hydrogens (tertiary/aromatic N) is 2. The van der Waals surface area contributed by atoms with Crippen LogP contribution in [0.5, 0.6) is 0 Å². The highest BCUT2D eigenvalue weighted by atomic mass is 79.9. The van der Waals surface area contributed by atoms with E-state index in [0.29, 0.717) is 11.7 Å². The van der Waals surface area contributed by atoms with Crippen molar-refractivity contribution in [1.82, 2.24) is 9.47 Å². The van der Waals surface area contributed by atoms with E-state index >= 15 is 0 Å². The molecule has 0 radical (unpaired) electrons. The summed E-state index contributed by atoms with van der Waals surface area (Å²) in [6, 6.07) is 2.14. The second-order valence-electron chi connectivity index (χ2n) is 5.18. The molecule has 2 amide bonds. The lowest BCUT2D eigenvalue weighted by molar-refractivity contribution is -0.119. The summed E-state index contributed by atoms with van der Waals surface area (Å²) < 4.78 is 2.87. The SMILES string of the molecule is CC(C)N(CC(N)=O)C(=O)c1cc(Br)cn1C1CC1. The summed E-state index contributed by atoms with van der Waals surface area (Å²) in [6.07, 6.45) is 4.12. The molecule has 1 fully saturated rings. The summed E-state index contributed by atoms with van der Waals surface area (Å²) in [4.78, 5) is 25.2. The zero-order chi connectivity index (χ0) is 14.2. The zero-order valence-corrected chi connectivity index (χ0v) is 12.7. The quantitative estimate of drug-likeness (QED) is 0.897. The van der Waals surface area contributed by atoms with Crippen LogP contribution in [0.15, 0.2) is 16.7 Å². The van der Waals surface area contributed by atoms with Crippen molar-refractivity contribution in [3.8, 4) is 0 Å². The number of primary amides is 1. The maximum absolute atomic E-state index is 12.6. The van der Waals surface area contributed by atoms with Gasteiger partial charge in [0.25, 0.3) is 5.91 Å². The maximum atomic E-state index is 12.6. The zero-order valence-electron chi connectivity index (χ0n) is 11.1. The molecule has 2 rings (SSSR count). The monoisotopic (exact) mass is 327 g/mol. The molecule has 0 unspecified atom stereocenters. The van der Waals surface area contributed by atoms with Gasteiger partial charge in [0.2, 0.25) is 5.91 Å². The molecule has 0 saturated heterocycles. The smallest absolute Gasteiger partial charge is 0.271 e. The molecular weight excluding hydrogens is 310 g/mol. The first-order chi connectivity index (χ1) is 8.90. The van der Waals surface area contributed by atoms with E-state index in [1.807, 2.05) is 24.6 Å². The number of carbonyl (C=O) groups excluding carboxylic acids is 2. The summed E-state index contributed by atoms with van der Waals surface area (Å²) >= 11 is 3.40. The molecule has 1 heterocycles. The third kappa shape index (κ3) is 3.18. The van der Waals surface area contributed by atoms with Crippen molar-refractivity contribution in [3.63, 3.8) is 0 Å². The lowest BCUT2D eigenvalue weighted by Gasteiger charge is -2.25. The van der Waals surface area contributed by atoms with Gasteiger partial charge >= 0.3 is 0 Å². The van der Waals surface area contributed by atoms with Crippen LogP contribution >= 0.6 is 15.9 Å². The molecule has 19 heavy (non-hydrogen) atoms. The number of nitrogens with two attached hydrogens (primary N) is 1. The van der Waals surface area contributed by atoms with E-state index in [1.165, 1.54) is 4.90 Å². The Morgan fingerprint density at radius 2 is 2.16 bits per heavy atom. The van der Waals surface area contributed by atoms with E-state index in [4.69, 9.17) is 5.73 Å². The van der Waals surface area contributed by atoms with Crippen molar-refractivity contribution in [3.05, 3.63) is 22.4 Å². The molecule has 0 aliphatic heterocycles. The molecule has 6 heteroatoms. The van der Waals surface area contributed by atoms with Crippen LogP contribution < -0.4 is 5.73 Å². The van der Waals surface area contributed by atoms with Crippen molar-refractivity contribution in [2.24, 2.45) is 5.73 Å². The average Bonchev–Trinajstić information content (AvgIpc) is 3.08. The molecular formula is C13H18BrN3O2. The van der Waals surface area contributed by atoms with Crippen LogP contribution in [-0.2, 0) is 4.79 Å². The van der Waals surface area contributed by atoms with Gasteiger partial charge in [0, 0.05) is 22.8 Å². The second-order valence-corrected chi connectivity index (χ2v) is 6.09. The predicted molar refractivity (Wildman–Crippen MR) is 75.8 cm³/mol. The topological polar surface area (TPSA) is 68.3 Å². The lowest BCUT2D eigenvalue weighted by Crippen LogP contribution is -2.43. The number of amides is 2. The summed E-state index contributed by atoms with van der Waals surface area (Å²) in [5, 5.41) is 0. The first-order valence-electron chi connectivity index (χ1n) is 6.36. The van der Waals surface area contributed by atoms with Gasteiger partial charge in [-0.05, 0) is 48.7 Å². The molecule has 0 bridgehead atoms. The van der Waals surface area contributed by atoms with Gasteiger partial charge in [-0.1, -0.05) is 0 Å². The number of rotatable bonds is 5. The highest BCUT2D eigenvalue weighted by Crippen LogP contribution is 2.37. The van der Waals surface area contributed by atoms with Crippen LogP contribution in [0.2, 0.25) is 0 Å². The highest BCUT2D eigenvalue weighted by Gasteiger charge is 2.30. The third-order valence-electron chi connectivity index (χ3n) is 3.18. The molecule has 104 valence electrons. The lowest BCUT2D eigenvalue weighted by atomic mass is 10.2. The van der Waals surface area contributed by atoms with Crippen LogP contribution in [-0.4, -0.2) is 33.9 Å². The largest absolute Gasteiger partial charge is 0.368 e.